The van der Waals surface area contributed by atoms with Crippen LogP contribution in [0.5, 0.6) is 23.0 Å². The molecule has 3 aromatic carbocycles. The van der Waals surface area contributed by atoms with Crippen molar-refractivity contribution in [2.75, 3.05) is 19.8 Å². The molecular formula is C34H32ClN3O8. The van der Waals surface area contributed by atoms with E-state index in [9.17, 15) is 10.1 Å². The number of carboxylic acids is 1. The van der Waals surface area contributed by atoms with Crippen molar-refractivity contribution in [2.45, 2.75) is 33.1 Å². The molecule has 0 fully saturated rings. The lowest BCUT2D eigenvalue weighted by atomic mass is 9.96. The van der Waals surface area contributed by atoms with E-state index in [0.29, 0.717) is 41.8 Å². The zero-order valence-electron chi connectivity index (χ0n) is 25.0. The zero-order chi connectivity index (χ0) is 32.9. The number of aromatic nitrogens is 1. The van der Waals surface area contributed by atoms with E-state index in [1.165, 1.54) is 6.20 Å². The summed E-state index contributed by atoms with van der Waals surface area (Å²) in [6, 6.07) is 19.3. The first-order valence-corrected chi connectivity index (χ1v) is 14.6. The minimum atomic E-state index is -0.885. The van der Waals surface area contributed by atoms with Crippen molar-refractivity contribution in [2.24, 2.45) is 0 Å². The van der Waals surface area contributed by atoms with E-state index in [1.807, 2.05) is 30.3 Å². The van der Waals surface area contributed by atoms with Gasteiger partial charge < -0.3 is 34.5 Å². The molecule has 46 heavy (non-hydrogen) atoms. The first-order chi connectivity index (χ1) is 22.3. The first kappa shape index (κ1) is 33.6. The first-order valence-electron chi connectivity index (χ1n) is 14.2. The molecule has 0 spiro atoms. The highest BCUT2D eigenvalue weighted by Gasteiger charge is 2.16. The Morgan fingerprint density at radius 2 is 1.80 bits per heavy atom. The molecule has 0 amide bonds. The van der Waals surface area contributed by atoms with Crippen LogP contribution in [0.2, 0.25) is 5.02 Å². The molecule has 1 aromatic heterocycles. The SMILES string of the molecule is Cc1c(COc2cc(OCc3cncc(C#N)c3)c(CNCCC(=O)O)cc2Cl)cccc1-c1ccc2c(c1)OCCO2.O=CO. The van der Waals surface area contributed by atoms with Gasteiger partial charge in [0.05, 0.1) is 17.0 Å². The molecule has 0 atom stereocenters. The number of rotatable bonds is 12. The Bertz CT molecular complexity index is 1720. The van der Waals surface area contributed by atoms with Crippen LogP contribution >= 0.6 is 11.6 Å². The second-order valence-electron chi connectivity index (χ2n) is 10.0. The molecule has 0 unspecified atom stereocenters. The number of nitrogens with one attached hydrogen (secondary N) is 1. The molecular weight excluding hydrogens is 614 g/mol. The van der Waals surface area contributed by atoms with Gasteiger partial charge in [-0.3, -0.25) is 14.6 Å². The van der Waals surface area contributed by atoms with Gasteiger partial charge in [0.25, 0.3) is 6.47 Å². The predicted octanol–water partition coefficient (Wildman–Crippen LogP) is 5.78. The van der Waals surface area contributed by atoms with Crippen LogP contribution in [0.4, 0.5) is 0 Å². The van der Waals surface area contributed by atoms with Crippen molar-refractivity contribution in [3.63, 3.8) is 0 Å². The normalized spacial score (nSPS) is 11.4. The second kappa shape index (κ2) is 16.7. The summed E-state index contributed by atoms with van der Waals surface area (Å²) < 4.78 is 23.8. The summed E-state index contributed by atoms with van der Waals surface area (Å²) in [5.41, 5.74) is 6.04. The lowest BCUT2D eigenvalue weighted by molar-refractivity contribution is -0.136. The standard InChI is InChI=1S/C33H30ClN3O6.CH2O2/c1-21-25(3-2-4-27(21)24-5-6-29-32(13-24)41-10-9-40-29)20-43-31-14-30(42-19-23-11-22(15-35)16-37-17-23)26(12-28(31)34)18-36-8-7-33(38)39;2-1-3/h2-6,11-14,16-17,36H,7-10,18-20H2,1H3,(H,38,39);1H,(H,2,3). The number of carboxylic acid groups (broad SMARTS) is 2. The van der Waals surface area contributed by atoms with Gasteiger partial charge in [0, 0.05) is 42.7 Å². The molecule has 0 saturated carbocycles. The molecule has 0 radical (unpaired) electrons. The van der Waals surface area contributed by atoms with Crippen LogP contribution in [0.15, 0.2) is 67.0 Å². The van der Waals surface area contributed by atoms with Crippen LogP contribution in [0.1, 0.15) is 34.2 Å². The largest absolute Gasteiger partial charge is 0.488 e. The molecule has 3 N–H and O–H groups in total. The van der Waals surface area contributed by atoms with Crippen molar-refractivity contribution in [3.05, 3.63) is 99.8 Å². The summed E-state index contributed by atoms with van der Waals surface area (Å²) >= 11 is 6.65. The summed E-state index contributed by atoms with van der Waals surface area (Å²) in [5, 5.41) is 28.6. The van der Waals surface area contributed by atoms with Crippen molar-refractivity contribution in [3.8, 4) is 40.2 Å². The van der Waals surface area contributed by atoms with E-state index in [0.717, 1.165) is 44.9 Å². The van der Waals surface area contributed by atoms with Gasteiger partial charge in [0.15, 0.2) is 11.5 Å². The number of pyridine rings is 1. The molecule has 1 aliphatic rings. The number of fused-ring (bicyclic) bond motifs is 1. The van der Waals surface area contributed by atoms with Gasteiger partial charge in [-0.15, -0.1) is 0 Å². The fourth-order valence-corrected chi connectivity index (χ4v) is 4.93. The monoisotopic (exact) mass is 645 g/mol. The fraction of sp³-hybridized carbons (Fsp3) is 0.235. The molecule has 4 aromatic rings. The lowest BCUT2D eigenvalue weighted by Crippen LogP contribution is -2.18. The maximum atomic E-state index is 10.9. The van der Waals surface area contributed by atoms with E-state index in [1.54, 1.807) is 24.4 Å². The van der Waals surface area contributed by atoms with Gasteiger partial charge >= 0.3 is 5.97 Å². The van der Waals surface area contributed by atoms with Gasteiger partial charge in [0.1, 0.15) is 44.0 Å². The van der Waals surface area contributed by atoms with Gasteiger partial charge in [-0.2, -0.15) is 5.26 Å². The smallest absolute Gasteiger partial charge is 0.304 e. The van der Waals surface area contributed by atoms with Crippen molar-refractivity contribution >= 4 is 24.0 Å². The van der Waals surface area contributed by atoms with Crippen LogP contribution in [0, 0.1) is 18.3 Å². The molecule has 0 saturated heterocycles. The summed E-state index contributed by atoms with van der Waals surface area (Å²) in [7, 11) is 0. The predicted molar refractivity (Wildman–Crippen MR) is 169 cm³/mol. The van der Waals surface area contributed by atoms with E-state index >= 15 is 0 Å². The Hall–Kier alpha value is -5.31. The number of ether oxygens (including phenoxy) is 4. The minimum absolute atomic E-state index is 0.0115. The van der Waals surface area contributed by atoms with Gasteiger partial charge in [-0.25, -0.2) is 0 Å². The number of hydrogen-bond acceptors (Lipinski definition) is 9. The topological polar surface area (TPSA) is 160 Å². The van der Waals surface area contributed by atoms with E-state index in [2.05, 4.69) is 29.4 Å². The average molecular weight is 646 g/mol. The van der Waals surface area contributed by atoms with Crippen LogP contribution in [0.3, 0.4) is 0 Å². The summed E-state index contributed by atoms with van der Waals surface area (Å²) in [5.74, 6) is 1.56. The van der Waals surface area contributed by atoms with Gasteiger partial charge in [-0.05, 0) is 53.4 Å². The molecule has 1 aliphatic heterocycles. The average Bonchev–Trinajstić information content (AvgIpc) is 3.06. The fourth-order valence-electron chi connectivity index (χ4n) is 4.69. The molecule has 12 heteroatoms. The number of nitriles is 1. The molecule has 238 valence electrons. The summed E-state index contributed by atoms with van der Waals surface area (Å²) in [6.45, 7) is 3.94. The number of halogens is 1. The highest BCUT2D eigenvalue weighted by Crippen LogP contribution is 2.37. The summed E-state index contributed by atoms with van der Waals surface area (Å²) in [4.78, 5) is 23.4. The number of carbonyl (C=O) groups is 2. The van der Waals surface area contributed by atoms with Crippen molar-refractivity contribution in [1.82, 2.24) is 10.3 Å². The Kier molecular flexibility index (Phi) is 12.2. The Labute approximate surface area is 270 Å². The maximum Gasteiger partial charge on any atom is 0.304 e. The van der Waals surface area contributed by atoms with E-state index in [-0.39, 0.29) is 32.7 Å². The molecule has 11 nitrogen and oxygen atoms in total. The third-order valence-electron chi connectivity index (χ3n) is 6.95. The van der Waals surface area contributed by atoms with Crippen LogP contribution in [-0.2, 0) is 29.3 Å². The van der Waals surface area contributed by atoms with Gasteiger partial charge in [-0.1, -0.05) is 35.9 Å². The molecule has 0 aliphatic carbocycles. The Morgan fingerprint density at radius 1 is 1.04 bits per heavy atom. The highest BCUT2D eigenvalue weighted by molar-refractivity contribution is 6.32. The highest BCUT2D eigenvalue weighted by atomic mass is 35.5. The molecule has 0 bridgehead atoms. The van der Waals surface area contributed by atoms with Gasteiger partial charge in [0.2, 0.25) is 0 Å². The van der Waals surface area contributed by atoms with Crippen molar-refractivity contribution in [1.29, 1.82) is 5.26 Å². The second-order valence-corrected chi connectivity index (χ2v) is 10.4. The Morgan fingerprint density at radius 3 is 2.57 bits per heavy atom. The number of hydrogen-bond donors (Lipinski definition) is 3. The number of aliphatic carboxylic acids is 1. The van der Waals surface area contributed by atoms with Crippen LogP contribution in [0.25, 0.3) is 11.1 Å². The van der Waals surface area contributed by atoms with Crippen LogP contribution in [-0.4, -0.2) is 47.4 Å². The number of nitrogens with zero attached hydrogens (tertiary/aromatic N) is 2. The van der Waals surface area contributed by atoms with E-state index < -0.39 is 5.97 Å². The van der Waals surface area contributed by atoms with Crippen molar-refractivity contribution < 1.29 is 38.7 Å². The third-order valence-corrected chi connectivity index (χ3v) is 7.24. The van der Waals surface area contributed by atoms with E-state index in [4.69, 9.17) is 45.6 Å². The lowest BCUT2D eigenvalue weighted by Gasteiger charge is -2.20. The quantitative estimate of drug-likeness (QED) is 0.127. The molecule has 5 rings (SSSR count). The minimum Gasteiger partial charge on any atom is -0.488 e. The Balaban J connectivity index is 0.00000154. The van der Waals surface area contributed by atoms with Crippen LogP contribution < -0.4 is 24.3 Å². The maximum absolute atomic E-state index is 10.9. The number of benzene rings is 3. The third kappa shape index (κ3) is 9.11. The zero-order valence-corrected chi connectivity index (χ0v) is 25.8. The summed E-state index contributed by atoms with van der Waals surface area (Å²) in [6.07, 6.45) is 3.11. The molecule has 2 heterocycles.